The van der Waals surface area contributed by atoms with E-state index in [0.29, 0.717) is 17.7 Å². The van der Waals surface area contributed by atoms with Crippen molar-refractivity contribution in [2.45, 2.75) is 13.5 Å². The molecular weight excluding hydrogens is 279 g/mol. The van der Waals surface area contributed by atoms with Crippen LogP contribution in [0.1, 0.15) is 16.7 Å². The minimum Gasteiger partial charge on any atom is -0.240 e. The number of aromatic nitrogens is 3. The Hall–Kier alpha value is -3.00. The molecule has 0 unspecified atom stereocenters. The van der Waals surface area contributed by atoms with Crippen molar-refractivity contribution < 1.29 is 4.39 Å². The maximum Gasteiger partial charge on any atom is 0.126 e. The number of hydrogen-bond acceptors (Lipinski definition) is 3. The van der Waals surface area contributed by atoms with Crippen molar-refractivity contribution in [1.29, 1.82) is 5.26 Å². The number of aryl methyl sites for hydroxylation is 1. The Labute approximate surface area is 127 Å². The van der Waals surface area contributed by atoms with E-state index in [9.17, 15) is 4.39 Å². The molecule has 0 bridgehead atoms. The highest BCUT2D eigenvalue weighted by Gasteiger charge is 2.09. The van der Waals surface area contributed by atoms with Gasteiger partial charge in [-0.25, -0.2) is 9.07 Å². The van der Waals surface area contributed by atoms with Gasteiger partial charge in [0.25, 0.3) is 0 Å². The number of rotatable bonds is 3. The first-order chi connectivity index (χ1) is 10.7. The van der Waals surface area contributed by atoms with Gasteiger partial charge in [0.15, 0.2) is 0 Å². The lowest BCUT2D eigenvalue weighted by molar-refractivity contribution is 0.618. The first-order valence-corrected chi connectivity index (χ1v) is 6.81. The normalized spacial score (nSPS) is 10.4. The second kappa shape index (κ2) is 5.78. The summed E-state index contributed by atoms with van der Waals surface area (Å²) in [7, 11) is 0. The Bertz CT molecular complexity index is 861. The molecular formula is C17H13FN4. The highest BCUT2D eigenvalue weighted by atomic mass is 19.1. The quantitative estimate of drug-likeness (QED) is 0.744. The van der Waals surface area contributed by atoms with Crippen LogP contribution in [0.25, 0.3) is 11.3 Å². The SMILES string of the molecule is Cc1cc(-c2cnnn2Cc2cccc(C#N)c2)ccc1F. The smallest absolute Gasteiger partial charge is 0.126 e. The second-order valence-electron chi connectivity index (χ2n) is 5.05. The van der Waals surface area contributed by atoms with Crippen LogP contribution in [0.3, 0.4) is 0 Å². The monoisotopic (exact) mass is 292 g/mol. The Morgan fingerprint density at radius 2 is 2.09 bits per heavy atom. The van der Waals surface area contributed by atoms with Crippen LogP contribution >= 0.6 is 0 Å². The lowest BCUT2D eigenvalue weighted by Gasteiger charge is -2.08. The fourth-order valence-corrected chi connectivity index (χ4v) is 2.31. The summed E-state index contributed by atoms with van der Waals surface area (Å²) in [6.07, 6.45) is 1.65. The fourth-order valence-electron chi connectivity index (χ4n) is 2.31. The number of nitriles is 1. The van der Waals surface area contributed by atoms with Crippen LogP contribution < -0.4 is 0 Å². The van der Waals surface area contributed by atoms with Crippen molar-refractivity contribution in [3.63, 3.8) is 0 Å². The summed E-state index contributed by atoms with van der Waals surface area (Å²) in [5.41, 5.74) is 3.82. The average molecular weight is 292 g/mol. The van der Waals surface area contributed by atoms with Crippen LogP contribution in [0.2, 0.25) is 0 Å². The van der Waals surface area contributed by atoms with Crippen molar-refractivity contribution in [3.8, 4) is 17.3 Å². The zero-order chi connectivity index (χ0) is 15.5. The molecule has 1 aromatic heterocycles. The Morgan fingerprint density at radius 3 is 2.86 bits per heavy atom. The second-order valence-corrected chi connectivity index (χ2v) is 5.05. The molecule has 22 heavy (non-hydrogen) atoms. The first-order valence-electron chi connectivity index (χ1n) is 6.81. The topological polar surface area (TPSA) is 54.5 Å². The maximum atomic E-state index is 13.4. The molecule has 0 aliphatic heterocycles. The van der Waals surface area contributed by atoms with E-state index < -0.39 is 0 Å². The maximum absolute atomic E-state index is 13.4. The van der Waals surface area contributed by atoms with E-state index in [1.807, 2.05) is 18.2 Å². The molecule has 4 nitrogen and oxygen atoms in total. The molecule has 5 heteroatoms. The van der Waals surface area contributed by atoms with Crippen molar-refractivity contribution in [3.05, 3.63) is 71.2 Å². The van der Waals surface area contributed by atoms with Crippen molar-refractivity contribution >= 4 is 0 Å². The summed E-state index contributed by atoms with van der Waals surface area (Å²) in [6, 6.07) is 14.4. The van der Waals surface area contributed by atoms with E-state index >= 15 is 0 Å². The Morgan fingerprint density at radius 1 is 1.23 bits per heavy atom. The predicted octanol–water partition coefficient (Wildman–Crippen LogP) is 3.31. The molecule has 3 aromatic rings. The molecule has 0 N–H and O–H groups in total. The predicted molar refractivity (Wildman–Crippen MR) is 80.4 cm³/mol. The largest absolute Gasteiger partial charge is 0.240 e. The summed E-state index contributed by atoms with van der Waals surface area (Å²) in [5, 5.41) is 17.0. The molecule has 0 amide bonds. The van der Waals surface area contributed by atoms with Crippen LogP contribution in [0.4, 0.5) is 4.39 Å². The van der Waals surface area contributed by atoms with Gasteiger partial charge in [-0.05, 0) is 48.4 Å². The zero-order valence-electron chi connectivity index (χ0n) is 12.0. The van der Waals surface area contributed by atoms with Gasteiger partial charge in [0.05, 0.1) is 30.1 Å². The number of hydrogen-bond donors (Lipinski definition) is 0. The van der Waals surface area contributed by atoms with Gasteiger partial charge in [0.2, 0.25) is 0 Å². The van der Waals surface area contributed by atoms with Crippen LogP contribution in [-0.4, -0.2) is 15.0 Å². The van der Waals surface area contributed by atoms with E-state index in [2.05, 4.69) is 16.4 Å². The van der Waals surface area contributed by atoms with E-state index in [0.717, 1.165) is 16.8 Å². The van der Waals surface area contributed by atoms with E-state index in [1.165, 1.54) is 6.07 Å². The van der Waals surface area contributed by atoms with Gasteiger partial charge in [0, 0.05) is 5.56 Å². The summed E-state index contributed by atoms with van der Waals surface area (Å²) in [5.74, 6) is -0.232. The molecule has 108 valence electrons. The molecule has 0 saturated heterocycles. The van der Waals surface area contributed by atoms with Crippen LogP contribution in [-0.2, 0) is 6.54 Å². The van der Waals surface area contributed by atoms with Crippen LogP contribution in [0.5, 0.6) is 0 Å². The third kappa shape index (κ3) is 2.72. The molecule has 0 aliphatic rings. The van der Waals surface area contributed by atoms with Gasteiger partial charge < -0.3 is 0 Å². The molecule has 1 heterocycles. The highest BCUT2D eigenvalue weighted by Crippen LogP contribution is 2.21. The van der Waals surface area contributed by atoms with Gasteiger partial charge in [-0.15, -0.1) is 5.10 Å². The summed E-state index contributed by atoms with van der Waals surface area (Å²) >= 11 is 0. The average Bonchev–Trinajstić information content (AvgIpc) is 2.98. The molecule has 0 aliphatic carbocycles. The highest BCUT2D eigenvalue weighted by molar-refractivity contribution is 5.59. The third-order valence-corrected chi connectivity index (χ3v) is 3.46. The van der Waals surface area contributed by atoms with Crippen molar-refractivity contribution in [1.82, 2.24) is 15.0 Å². The summed E-state index contributed by atoms with van der Waals surface area (Å²) < 4.78 is 15.1. The van der Waals surface area contributed by atoms with Gasteiger partial charge in [-0.1, -0.05) is 17.3 Å². The standard InChI is InChI=1S/C17H13FN4/c1-12-7-15(5-6-16(12)18)17-10-20-21-22(17)11-14-4-2-3-13(8-14)9-19/h2-8,10H,11H2,1H3. The molecule has 0 atom stereocenters. The van der Waals surface area contributed by atoms with E-state index in [-0.39, 0.29) is 5.82 Å². The van der Waals surface area contributed by atoms with Gasteiger partial charge in [-0.2, -0.15) is 5.26 Å². The number of halogens is 1. The number of benzene rings is 2. The van der Waals surface area contributed by atoms with Gasteiger partial charge >= 0.3 is 0 Å². The molecule has 3 rings (SSSR count). The van der Waals surface area contributed by atoms with E-state index in [4.69, 9.17) is 5.26 Å². The molecule has 0 saturated carbocycles. The summed E-state index contributed by atoms with van der Waals surface area (Å²) in [4.78, 5) is 0. The number of nitrogens with zero attached hydrogens (tertiary/aromatic N) is 4. The van der Waals surface area contributed by atoms with E-state index in [1.54, 1.807) is 36.0 Å². The first kappa shape index (κ1) is 14.0. The third-order valence-electron chi connectivity index (χ3n) is 3.46. The molecule has 2 aromatic carbocycles. The van der Waals surface area contributed by atoms with Gasteiger partial charge in [-0.3, -0.25) is 0 Å². The Kier molecular flexibility index (Phi) is 3.67. The summed E-state index contributed by atoms with van der Waals surface area (Å²) in [6.45, 7) is 2.23. The van der Waals surface area contributed by atoms with Crippen LogP contribution in [0, 0.1) is 24.1 Å². The molecule has 0 radical (unpaired) electrons. The molecule has 0 fully saturated rings. The Balaban J connectivity index is 1.95. The van der Waals surface area contributed by atoms with Crippen LogP contribution in [0.15, 0.2) is 48.7 Å². The van der Waals surface area contributed by atoms with Crippen molar-refractivity contribution in [2.75, 3.05) is 0 Å². The lowest BCUT2D eigenvalue weighted by atomic mass is 10.1. The van der Waals surface area contributed by atoms with Crippen molar-refractivity contribution in [2.24, 2.45) is 0 Å². The lowest BCUT2D eigenvalue weighted by Crippen LogP contribution is -2.04. The zero-order valence-corrected chi connectivity index (χ0v) is 12.0. The van der Waals surface area contributed by atoms with Gasteiger partial charge in [0.1, 0.15) is 5.82 Å². The fraction of sp³-hybridized carbons (Fsp3) is 0.118. The minimum absolute atomic E-state index is 0.232. The minimum atomic E-state index is -0.232. The molecule has 0 spiro atoms.